The molecule has 0 saturated carbocycles. The van der Waals surface area contributed by atoms with Crippen molar-refractivity contribution in [3.63, 3.8) is 0 Å². The molecule has 4 heteroatoms. The Morgan fingerprint density at radius 3 is 3.10 bits per heavy atom. The average molecular weight is 279 g/mol. The van der Waals surface area contributed by atoms with E-state index in [0.29, 0.717) is 12.3 Å². The minimum atomic E-state index is 0.114. The fourth-order valence-corrected chi connectivity index (χ4v) is 2.70. The zero-order valence-electron chi connectivity index (χ0n) is 11.7. The molecule has 0 unspecified atom stereocenters. The van der Waals surface area contributed by atoms with Crippen molar-refractivity contribution in [1.82, 2.24) is 4.98 Å². The molecular weight excluding hydrogens is 262 g/mol. The van der Waals surface area contributed by atoms with Crippen LogP contribution in [0.1, 0.15) is 41.3 Å². The van der Waals surface area contributed by atoms with Crippen molar-refractivity contribution in [2.24, 2.45) is 5.73 Å². The zero-order valence-corrected chi connectivity index (χ0v) is 11.7. The third kappa shape index (κ3) is 3.04. The van der Waals surface area contributed by atoms with E-state index in [1.54, 1.807) is 12.3 Å². The molecule has 0 saturated heterocycles. The van der Waals surface area contributed by atoms with E-state index in [9.17, 15) is 0 Å². The Hall–Kier alpha value is -2.38. The summed E-state index contributed by atoms with van der Waals surface area (Å²) in [6, 6.07) is 11.9. The van der Waals surface area contributed by atoms with Crippen molar-refractivity contribution in [3.8, 4) is 11.8 Å². The Labute approximate surface area is 124 Å². The summed E-state index contributed by atoms with van der Waals surface area (Å²) in [5, 5.41) is 8.84. The summed E-state index contributed by atoms with van der Waals surface area (Å²) in [6.07, 6.45) is 4.91. The number of benzene rings is 1. The molecular formula is C17H17N3O. The summed E-state index contributed by atoms with van der Waals surface area (Å²) in [7, 11) is 0. The van der Waals surface area contributed by atoms with Crippen LogP contribution < -0.4 is 10.5 Å². The van der Waals surface area contributed by atoms with Gasteiger partial charge in [0.2, 0.25) is 0 Å². The van der Waals surface area contributed by atoms with Gasteiger partial charge in [-0.1, -0.05) is 6.07 Å². The molecule has 1 atom stereocenters. The topological polar surface area (TPSA) is 71.9 Å². The molecule has 2 N–H and O–H groups in total. The minimum absolute atomic E-state index is 0.114. The van der Waals surface area contributed by atoms with Gasteiger partial charge in [0.25, 0.3) is 0 Å². The van der Waals surface area contributed by atoms with Crippen molar-refractivity contribution in [1.29, 1.82) is 5.26 Å². The molecule has 2 aromatic rings. The molecule has 1 aromatic heterocycles. The van der Waals surface area contributed by atoms with Gasteiger partial charge >= 0.3 is 0 Å². The van der Waals surface area contributed by atoms with Crippen molar-refractivity contribution < 1.29 is 4.74 Å². The van der Waals surface area contributed by atoms with Gasteiger partial charge in [0, 0.05) is 12.2 Å². The number of rotatable bonds is 3. The fraction of sp³-hybridized carbons (Fsp3) is 0.294. The van der Waals surface area contributed by atoms with E-state index >= 15 is 0 Å². The predicted molar refractivity (Wildman–Crippen MR) is 79.6 cm³/mol. The number of aryl methyl sites for hydroxylation is 1. The van der Waals surface area contributed by atoms with Gasteiger partial charge in [-0.15, -0.1) is 0 Å². The summed E-state index contributed by atoms with van der Waals surface area (Å²) < 4.78 is 5.81. The lowest BCUT2D eigenvalue weighted by Gasteiger charge is -2.22. The van der Waals surface area contributed by atoms with Crippen molar-refractivity contribution in [2.75, 3.05) is 0 Å². The number of nitrogens with zero attached hydrogens (tertiary/aromatic N) is 2. The lowest BCUT2D eigenvalue weighted by molar-refractivity contribution is 0.305. The number of aromatic nitrogens is 1. The standard InChI is InChI=1S/C17H17N3O/c18-10-14-8-12(6-7-20-14)11-21-15-5-4-13-2-1-3-17(19)16(13)9-15/h4-9,17H,1-3,11,19H2/t17-/m1/s1. The predicted octanol–water partition coefficient (Wildman–Crippen LogP) is 2.87. The highest BCUT2D eigenvalue weighted by Crippen LogP contribution is 2.31. The van der Waals surface area contributed by atoms with Gasteiger partial charge in [-0.25, -0.2) is 4.98 Å². The van der Waals surface area contributed by atoms with E-state index in [1.807, 2.05) is 24.3 Å². The molecule has 0 radical (unpaired) electrons. The van der Waals surface area contributed by atoms with Crippen LogP contribution >= 0.6 is 0 Å². The van der Waals surface area contributed by atoms with Crippen LogP contribution in [0.4, 0.5) is 0 Å². The zero-order chi connectivity index (χ0) is 14.7. The van der Waals surface area contributed by atoms with E-state index in [0.717, 1.165) is 30.6 Å². The number of nitrogens with two attached hydrogens (primary N) is 1. The lowest BCUT2D eigenvalue weighted by atomic mass is 9.88. The van der Waals surface area contributed by atoms with Crippen LogP contribution in [0.15, 0.2) is 36.5 Å². The quantitative estimate of drug-likeness (QED) is 0.937. The second-order valence-corrected chi connectivity index (χ2v) is 5.31. The third-order valence-corrected chi connectivity index (χ3v) is 3.82. The van der Waals surface area contributed by atoms with Crippen molar-refractivity contribution in [3.05, 3.63) is 58.9 Å². The number of fused-ring (bicyclic) bond motifs is 1. The molecule has 0 aliphatic heterocycles. The van der Waals surface area contributed by atoms with E-state index in [-0.39, 0.29) is 6.04 Å². The highest BCUT2D eigenvalue weighted by atomic mass is 16.5. The lowest BCUT2D eigenvalue weighted by Crippen LogP contribution is -2.17. The Balaban J connectivity index is 1.73. The van der Waals surface area contributed by atoms with Crippen LogP contribution in [0.2, 0.25) is 0 Å². The molecule has 3 rings (SSSR count). The molecule has 0 spiro atoms. The number of ether oxygens (including phenoxy) is 1. The maximum absolute atomic E-state index is 8.84. The summed E-state index contributed by atoms with van der Waals surface area (Å²) in [4.78, 5) is 3.95. The number of hydrogen-bond acceptors (Lipinski definition) is 4. The van der Waals surface area contributed by atoms with E-state index in [4.69, 9.17) is 15.7 Å². The Kier molecular flexibility index (Phi) is 3.85. The second-order valence-electron chi connectivity index (χ2n) is 5.31. The molecule has 21 heavy (non-hydrogen) atoms. The Bertz CT molecular complexity index is 691. The molecule has 4 nitrogen and oxygen atoms in total. The fourth-order valence-electron chi connectivity index (χ4n) is 2.70. The van der Waals surface area contributed by atoms with Gasteiger partial charge in [0.1, 0.15) is 24.1 Å². The van der Waals surface area contributed by atoms with Crippen LogP contribution in [-0.4, -0.2) is 4.98 Å². The molecule has 1 aliphatic carbocycles. The maximum atomic E-state index is 8.84. The molecule has 0 amide bonds. The first kappa shape index (κ1) is 13.6. The van der Waals surface area contributed by atoms with Crippen LogP contribution in [0, 0.1) is 11.3 Å². The van der Waals surface area contributed by atoms with Crippen molar-refractivity contribution in [2.45, 2.75) is 31.9 Å². The van der Waals surface area contributed by atoms with Gasteiger partial charge in [0.15, 0.2) is 0 Å². The normalized spacial score (nSPS) is 16.9. The maximum Gasteiger partial charge on any atom is 0.140 e. The first-order valence-corrected chi connectivity index (χ1v) is 7.12. The van der Waals surface area contributed by atoms with E-state index < -0.39 is 0 Å². The van der Waals surface area contributed by atoms with Gasteiger partial charge in [-0.3, -0.25) is 0 Å². The molecule has 1 aliphatic rings. The van der Waals surface area contributed by atoms with E-state index in [2.05, 4.69) is 11.1 Å². The van der Waals surface area contributed by atoms with E-state index in [1.165, 1.54) is 11.1 Å². The molecule has 0 bridgehead atoms. The first-order chi connectivity index (χ1) is 10.3. The summed E-state index contributed by atoms with van der Waals surface area (Å²) in [5.74, 6) is 0.821. The summed E-state index contributed by atoms with van der Waals surface area (Å²) in [6.45, 7) is 0.422. The SMILES string of the molecule is N#Cc1cc(COc2ccc3c(c2)[C@H](N)CCC3)ccn1. The van der Waals surface area contributed by atoms with Crippen molar-refractivity contribution >= 4 is 0 Å². The smallest absolute Gasteiger partial charge is 0.140 e. The number of hydrogen-bond donors (Lipinski definition) is 1. The van der Waals surface area contributed by atoms with Crippen LogP contribution in [0.25, 0.3) is 0 Å². The number of pyridine rings is 1. The summed E-state index contributed by atoms with van der Waals surface area (Å²) in [5.41, 5.74) is 10.0. The second kappa shape index (κ2) is 5.94. The minimum Gasteiger partial charge on any atom is -0.489 e. The van der Waals surface area contributed by atoms with Crippen LogP contribution in [0.5, 0.6) is 5.75 Å². The first-order valence-electron chi connectivity index (χ1n) is 7.12. The molecule has 106 valence electrons. The van der Waals surface area contributed by atoms with Crippen LogP contribution in [-0.2, 0) is 13.0 Å². The largest absolute Gasteiger partial charge is 0.489 e. The Morgan fingerprint density at radius 1 is 1.33 bits per heavy atom. The summed E-state index contributed by atoms with van der Waals surface area (Å²) >= 11 is 0. The van der Waals surface area contributed by atoms with Gasteiger partial charge in [0.05, 0.1) is 0 Å². The highest BCUT2D eigenvalue weighted by Gasteiger charge is 2.17. The van der Waals surface area contributed by atoms with Gasteiger partial charge < -0.3 is 10.5 Å². The molecule has 1 aromatic carbocycles. The van der Waals surface area contributed by atoms with Gasteiger partial charge in [-0.2, -0.15) is 5.26 Å². The Morgan fingerprint density at radius 2 is 2.24 bits per heavy atom. The third-order valence-electron chi connectivity index (χ3n) is 3.82. The van der Waals surface area contributed by atoms with Gasteiger partial charge in [-0.05, 0) is 60.2 Å². The molecule has 1 heterocycles. The van der Waals surface area contributed by atoms with Crippen LogP contribution in [0.3, 0.4) is 0 Å². The monoisotopic (exact) mass is 279 g/mol. The average Bonchev–Trinajstić information content (AvgIpc) is 2.54. The number of nitriles is 1. The molecule has 0 fully saturated rings. The highest BCUT2D eigenvalue weighted by molar-refractivity contribution is 5.39.